The standard InChI is InChI=1S/C25H20FNO4/c1-16-14-19(6-10-22(16)24-12-8-21(15-28)31-24)27-25(29)13-9-20-7-11-23(30-20)17-2-4-18(26)5-3-17/h2-14,28H,15H2,1H3,(H,27,29)/b13-9+. The van der Waals surface area contributed by atoms with Crippen LogP contribution >= 0.6 is 0 Å². The molecule has 0 aliphatic heterocycles. The highest BCUT2D eigenvalue weighted by Gasteiger charge is 2.09. The first-order chi connectivity index (χ1) is 15.0. The number of hydrogen-bond acceptors (Lipinski definition) is 4. The van der Waals surface area contributed by atoms with E-state index >= 15 is 0 Å². The number of carbonyl (C=O) groups is 1. The van der Waals surface area contributed by atoms with Crippen LogP contribution in [0.5, 0.6) is 0 Å². The monoisotopic (exact) mass is 417 g/mol. The predicted molar refractivity (Wildman–Crippen MR) is 117 cm³/mol. The Kier molecular flexibility index (Phi) is 5.82. The van der Waals surface area contributed by atoms with Crippen LogP contribution in [0.15, 0.2) is 81.6 Å². The maximum Gasteiger partial charge on any atom is 0.248 e. The fourth-order valence-electron chi connectivity index (χ4n) is 3.18. The Labute approximate surface area is 178 Å². The van der Waals surface area contributed by atoms with Crippen LogP contribution in [0.1, 0.15) is 17.1 Å². The number of aliphatic hydroxyl groups is 1. The predicted octanol–water partition coefficient (Wildman–Crippen LogP) is 5.80. The summed E-state index contributed by atoms with van der Waals surface area (Å²) in [7, 11) is 0. The highest BCUT2D eigenvalue weighted by atomic mass is 19.1. The van der Waals surface area contributed by atoms with Crippen LogP contribution in [-0.2, 0) is 11.4 Å². The van der Waals surface area contributed by atoms with Gasteiger partial charge in [-0.15, -0.1) is 0 Å². The van der Waals surface area contributed by atoms with Gasteiger partial charge in [0, 0.05) is 22.9 Å². The molecule has 0 saturated heterocycles. The molecule has 4 rings (SSSR count). The first-order valence-corrected chi connectivity index (χ1v) is 9.67. The summed E-state index contributed by atoms with van der Waals surface area (Å²) in [6, 6.07) is 18.5. The summed E-state index contributed by atoms with van der Waals surface area (Å²) < 4.78 is 24.3. The van der Waals surface area contributed by atoms with Crippen LogP contribution in [-0.4, -0.2) is 11.0 Å². The number of aryl methyl sites for hydroxylation is 1. The second-order valence-electron chi connectivity index (χ2n) is 6.99. The number of halogens is 1. The summed E-state index contributed by atoms with van der Waals surface area (Å²) in [4.78, 5) is 12.3. The number of carbonyl (C=O) groups excluding carboxylic acids is 1. The van der Waals surface area contributed by atoms with Gasteiger partial charge in [0.15, 0.2) is 0 Å². The van der Waals surface area contributed by atoms with Gasteiger partial charge in [-0.2, -0.15) is 0 Å². The van der Waals surface area contributed by atoms with Crippen LogP contribution < -0.4 is 5.32 Å². The average Bonchev–Trinajstić information content (AvgIpc) is 3.43. The van der Waals surface area contributed by atoms with E-state index in [4.69, 9.17) is 13.9 Å². The maximum absolute atomic E-state index is 13.0. The van der Waals surface area contributed by atoms with Crippen molar-refractivity contribution in [3.63, 3.8) is 0 Å². The van der Waals surface area contributed by atoms with E-state index in [0.717, 1.165) is 16.7 Å². The summed E-state index contributed by atoms with van der Waals surface area (Å²) in [5, 5.41) is 12.0. The largest absolute Gasteiger partial charge is 0.459 e. The number of anilines is 1. The van der Waals surface area contributed by atoms with Crippen molar-refractivity contribution in [2.24, 2.45) is 0 Å². The van der Waals surface area contributed by atoms with E-state index in [0.29, 0.717) is 28.7 Å². The number of amides is 1. The van der Waals surface area contributed by atoms with Crippen molar-refractivity contribution in [3.8, 4) is 22.6 Å². The number of furan rings is 2. The van der Waals surface area contributed by atoms with E-state index in [1.165, 1.54) is 18.2 Å². The van der Waals surface area contributed by atoms with E-state index in [2.05, 4.69) is 5.32 Å². The molecule has 2 heterocycles. The molecule has 5 nitrogen and oxygen atoms in total. The lowest BCUT2D eigenvalue weighted by atomic mass is 10.1. The molecule has 2 aromatic heterocycles. The van der Waals surface area contributed by atoms with E-state index in [9.17, 15) is 9.18 Å². The number of rotatable bonds is 6. The zero-order valence-corrected chi connectivity index (χ0v) is 16.8. The minimum atomic E-state index is -0.311. The smallest absolute Gasteiger partial charge is 0.248 e. The highest BCUT2D eigenvalue weighted by molar-refractivity contribution is 6.02. The van der Waals surface area contributed by atoms with Gasteiger partial charge in [0.25, 0.3) is 0 Å². The van der Waals surface area contributed by atoms with Crippen molar-refractivity contribution in [2.75, 3.05) is 5.32 Å². The SMILES string of the molecule is Cc1cc(NC(=O)/C=C/c2ccc(-c3ccc(F)cc3)o2)ccc1-c1ccc(CO)o1. The van der Waals surface area contributed by atoms with Gasteiger partial charge in [-0.25, -0.2) is 4.39 Å². The molecule has 0 fully saturated rings. The van der Waals surface area contributed by atoms with Crippen molar-refractivity contribution in [1.29, 1.82) is 0 Å². The fourth-order valence-corrected chi connectivity index (χ4v) is 3.18. The van der Waals surface area contributed by atoms with Crippen molar-refractivity contribution < 1.29 is 23.1 Å². The van der Waals surface area contributed by atoms with Gasteiger partial charge in [-0.3, -0.25) is 4.79 Å². The van der Waals surface area contributed by atoms with Gasteiger partial charge in [0.1, 0.15) is 35.5 Å². The summed E-state index contributed by atoms with van der Waals surface area (Å²) in [6.07, 6.45) is 2.96. The topological polar surface area (TPSA) is 75.6 Å². The number of aliphatic hydroxyl groups excluding tert-OH is 1. The molecule has 2 aromatic carbocycles. The minimum Gasteiger partial charge on any atom is -0.459 e. The van der Waals surface area contributed by atoms with Gasteiger partial charge < -0.3 is 19.3 Å². The molecule has 0 radical (unpaired) electrons. The van der Waals surface area contributed by atoms with Gasteiger partial charge in [-0.1, -0.05) is 0 Å². The first kappa shape index (κ1) is 20.4. The lowest BCUT2D eigenvalue weighted by Gasteiger charge is -2.07. The molecule has 0 unspecified atom stereocenters. The van der Waals surface area contributed by atoms with Crippen LogP contribution in [0, 0.1) is 12.7 Å². The van der Waals surface area contributed by atoms with Gasteiger partial charge >= 0.3 is 0 Å². The molecule has 0 aliphatic rings. The molecule has 0 aliphatic carbocycles. The van der Waals surface area contributed by atoms with Crippen LogP contribution in [0.2, 0.25) is 0 Å². The summed E-state index contributed by atoms with van der Waals surface area (Å²) >= 11 is 0. The Morgan fingerprint density at radius 1 is 1.00 bits per heavy atom. The molecule has 0 saturated carbocycles. The minimum absolute atomic E-state index is 0.152. The zero-order chi connectivity index (χ0) is 21.8. The molecule has 0 spiro atoms. The summed E-state index contributed by atoms with van der Waals surface area (Å²) in [5.41, 5.74) is 3.22. The second kappa shape index (κ2) is 8.85. The number of nitrogens with one attached hydrogen (secondary N) is 1. The Morgan fingerprint density at radius 3 is 2.48 bits per heavy atom. The van der Waals surface area contributed by atoms with Gasteiger partial charge in [0.05, 0.1) is 0 Å². The molecule has 31 heavy (non-hydrogen) atoms. The lowest BCUT2D eigenvalue weighted by Crippen LogP contribution is -2.07. The normalized spacial score (nSPS) is 11.2. The maximum atomic E-state index is 13.0. The quantitative estimate of drug-likeness (QED) is 0.389. The molecule has 0 bridgehead atoms. The van der Waals surface area contributed by atoms with Crippen molar-refractivity contribution in [3.05, 3.63) is 95.7 Å². The molecule has 0 atom stereocenters. The molecular formula is C25H20FNO4. The Bertz CT molecular complexity index is 1230. The highest BCUT2D eigenvalue weighted by Crippen LogP contribution is 2.28. The summed E-state index contributed by atoms with van der Waals surface area (Å²) in [5.74, 6) is 1.65. The third-order valence-electron chi connectivity index (χ3n) is 4.73. The molecular weight excluding hydrogens is 397 g/mol. The molecule has 156 valence electrons. The van der Waals surface area contributed by atoms with Crippen LogP contribution in [0.3, 0.4) is 0 Å². The van der Waals surface area contributed by atoms with E-state index in [1.807, 2.05) is 19.1 Å². The van der Waals surface area contributed by atoms with Crippen molar-refractivity contribution in [1.82, 2.24) is 0 Å². The number of benzene rings is 2. The van der Waals surface area contributed by atoms with Gasteiger partial charge in [-0.05, 0) is 85.3 Å². The third kappa shape index (κ3) is 4.82. The Hall–Kier alpha value is -3.90. The average molecular weight is 417 g/mol. The van der Waals surface area contributed by atoms with Crippen LogP contribution in [0.4, 0.5) is 10.1 Å². The summed E-state index contributed by atoms with van der Waals surface area (Å²) in [6.45, 7) is 1.77. The Morgan fingerprint density at radius 2 is 1.77 bits per heavy atom. The fraction of sp³-hybridized carbons (Fsp3) is 0.0800. The van der Waals surface area contributed by atoms with Gasteiger partial charge in [0.2, 0.25) is 5.91 Å². The molecule has 1 amide bonds. The molecule has 2 N–H and O–H groups in total. The molecule has 6 heteroatoms. The van der Waals surface area contributed by atoms with Crippen LogP contribution in [0.25, 0.3) is 28.7 Å². The van der Waals surface area contributed by atoms with E-state index in [-0.39, 0.29) is 18.3 Å². The van der Waals surface area contributed by atoms with Crippen molar-refractivity contribution in [2.45, 2.75) is 13.5 Å². The van der Waals surface area contributed by atoms with E-state index < -0.39 is 0 Å². The lowest BCUT2D eigenvalue weighted by molar-refractivity contribution is -0.111. The zero-order valence-electron chi connectivity index (χ0n) is 16.8. The Balaban J connectivity index is 1.41. The van der Waals surface area contributed by atoms with Crippen molar-refractivity contribution >= 4 is 17.7 Å². The second-order valence-corrected chi connectivity index (χ2v) is 6.99. The first-order valence-electron chi connectivity index (χ1n) is 9.67. The third-order valence-corrected chi connectivity index (χ3v) is 4.73. The molecule has 4 aromatic rings. The number of hydrogen-bond donors (Lipinski definition) is 2. The van der Waals surface area contributed by atoms with E-state index in [1.54, 1.807) is 48.5 Å².